The fourth-order valence-electron chi connectivity index (χ4n) is 1.88. The molecular formula is C14H11Cl2N7OS. The summed E-state index contributed by atoms with van der Waals surface area (Å²) in [5.41, 5.74) is 0.776. The van der Waals surface area contributed by atoms with Crippen molar-refractivity contribution in [3.05, 3.63) is 46.8 Å². The van der Waals surface area contributed by atoms with Crippen LogP contribution in [0.5, 0.6) is 0 Å². The van der Waals surface area contributed by atoms with E-state index in [0.29, 0.717) is 16.0 Å². The molecule has 0 radical (unpaired) electrons. The van der Waals surface area contributed by atoms with Crippen molar-refractivity contribution < 1.29 is 4.79 Å². The van der Waals surface area contributed by atoms with E-state index in [9.17, 15) is 4.79 Å². The van der Waals surface area contributed by atoms with Crippen LogP contribution in [0.4, 0.5) is 5.82 Å². The predicted molar refractivity (Wildman–Crippen MR) is 97.0 cm³/mol. The van der Waals surface area contributed by atoms with Gasteiger partial charge in [-0.15, -0.1) is 10.2 Å². The van der Waals surface area contributed by atoms with E-state index in [4.69, 9.17) is 29.0 Å². The fourth-order valence-corrected chi connectivity index (χ4v) is 2.96. The van der Waals surface area contributed by atoms with Crippen molar-refractivity contribution in [3.8, 4) is 11.4 Å². The summed E-state index contributed by atoms with van der Waals surface area (Å²) in [7, 11) is 0. The minimum atomic E-state index is -0.310. The quantitative estimate of drug-likeness (QED) is 0.503. The zero-order valence-corrected chi connectivity index (χ0v) is 14.9. The Hall–Kier alpha value is -2.36. The van der Waals surface area contributed by atoms with Gasteiger partial charge in [-0.2, -0.15) is 0 Å². The van der Waals surface area contributed by atoms with Gasteiger partial charge in [0.15, 0.2) is 11.6 Å². The largest absolute Gasteiger partial charge is 0.335 e. The average Bonchev–Trinajstić information content (AvgIpc) is 2.97. The second-order valence-electron chi connectivity index (χ2n) is 4.73. The standard InChI is InChI=1S/C14H11Cl2N7OS/c15-9-5-10(16)12(19-6-9)20-11(24)7-25-14-22-21-13(23(14)17)8-1-3-18-4-2-8/h1-6H,7,17H2,(H,19,20,24). The number of thioether (sulfide) groups is 1. The van der Waals surface area contributed by atoms with E-state index in [-0.39, 0.29) is 22.5 Å². The van der Waals surface area contributed by atoms with Gasteiger partial charge in [0, 0.05) is 24.2 Å². The van der Waals surface area contributed by atoms with Crippen LogP contribution in [0.15, 0.2) is 41.9 Å². The Morgan fingerprint density at radius 2 is 2.04 bits per heavy atom. The van der Waals surface area contributed by atoms with Gasteiger partial charge in [0.2, 0.25) is 11.1 Å². The summed E-state index contributed by atoms with van der Waals surface area (Å²) < 4.78 is 1.32. The fraction of sp³-hybridized carbons (Fsp3) is 0.0714. The molecule has 0 aromatic carbocycles. The predicted octanol–water partition coefficient (Wildman–Crippen LogP) is 2.49. The molecule has 0 aliphatic rings. The molecule has 0 unspecified atom stereocenters. The molecule has 3 heterocycles. The number of nitrogens with zero attached hydrogens (tertiary/aromatic N) is 5. The van der Waals surface area contributed by atoms with Crippen molar-refractivity contribution >= 4 is 46.7 Å². The second kappa shape index (κ2) is 7.68. The van der Waals surface area contributed by atoms with Gasteiger partial charge in [0.05, 0.1) is 15.8 Å². The molecule has 0 bridgehead atoms. The van der Waals surface area contributed by atoms with Gasteiger partial charge in [0.25, 0.3) is 0 Å². The third kappa shape index (κ3) is 4.19. The highest BCUT2D eigenvalue weighted by atomic mass is 35.5. The normalized spacial score (nSPS) is 10.6. The van der Waals surface area contributed by atoms with Gasteiger partial charge >= 0.3 is 0 Å². The van der Waals surface area contributed by atoms with Gasteiger partial charge in [-0.1, -0.05) is 35.0 Å². The summed E-state index contributed by atoms with van der Waals surface area (Å²) in [5, 5.41) is 11.7. The molecule has 8 nitrogen and oxygen atoms in total. The van der Waals surface area contributed by atoms with Crippen molar-refractivity contribution in [3.63, 3.8) is 0 Å². The number of carbonyl (C=O) groups excluding carboxylic acids is 1. The maximum Gasteiger partial charge on any atom is 0.236 e. The molecule has 0 aliphatic carbocycles. The number of carbonyl (C=O) groups is 1. The Morgan fingerprint density at radius 3 is 2.76 bits per heavy atom. The zero-order chi connectivity index (χ0) is 17.8. The van der Waals surface area contributed by atoms with E-state index in [0.717, 1.165) is 17.3 Å². The smallest absolute Gasteiger partial charge is 0.236 e. The number of nitrogens with two attached hydrogens (primary N) is 1. The van der Waals surface area contributed by atoms with Crippen molar-refractivity contribution in [2.75, 3.05) is 16.9 Å². The Morgan fingerprint density at radius 1 is 1.28 bits per heavy atom. The third-order valence-electron chi connectivity index (χ3n) is 3.00. The van der Waals surface area contributed by atoms with Crippen molar-refractivity contribution in [2.24, 2.45) is 0 Å². The first kappa shape index (κ1) is 17.5. The van der Waals surface area contributed by atoms with Crippen LogP contribution in [0.2, 0.25) is 10.0 Å². The first-order valence-corrected chi connectivity index (χ1v) is 8.63. The second-order valence-corrected chi connectivity index (χ2v) is 6.52. The van der Waals surface area contributed by atoms with E-state index >= 15 is 0 Å². The number of aromatic nitrogens is 5. The zero-order valence-electron chi connectivity index (χ0n) is 12.6. The molecule has 1 amide bonds. The molecule has 3 aromatic heterocycles. The summed E-state index contributed by atoms with van der Waals surface area (Å²) in [5.74, 6) is 6.46. The molecule has 3 aromatic rings. The molecule has 3 N–H and O–H groups in total. The Balaban J connectivity index is 1.64. The average molecular weight is 396 g/mol. The van der Waals surface area contributed by atoms with Crippen molar-refractivity contribution in [1.82, 2.24) is 24.8 Å². The van der Waals surface area contributed by atoms with E-state index in [1.165, 1.54) is 16.9 Å². The summed E-state index contributed by atoms with van der Waals surface area (Å²) in [4.78, 5) is 19.9. The Bertz CT molecular complexity index is 903. The highest BCUT2D eigenvalue weighted by Gasteiger charge is 2.14. The lowest BCUT2D eigenvalue weighted by molar-refractivity contribution is -0.113. The van der Waals surface area contributed by atoms with Gasteiger partial charge < -0.3 is 11.2 Å². The maximum atomic E-state index is 12.0. The number of pyridine rings is 2. The van der Waals surface area contributed by atoms with Gasteiger partial charge in [-0.3, -0.25) is 9.78 Å². The maximum absolute atomic E-state index is 12.0. The molecule has 0 fully saturated rings. The summed E-state index contributed by atoms with van der Waals surface area (Å²) in [6.07, 6.45) is 4.66. The Kier molecular flexibility index (Phi) is 5.37. The molecule has 0 spiro atoms. The van der Waals surface area contributed by atoms with Crippen LogP contribution in [0.25, 0.3) is 11.4 Å². The highest BCUT2D eigenvalue weighted by Crippen LogP contribution is 2.24. The lowest BCUT2D eigenvalue weighted by atomic mass is 10.2. The van der Waals surface area contributed by atoms with Crippen molar-refractivity contribution in [1.29, 1.82) is 0 Å². The van der Waals surface area contributed by atoms with Crippen LogP contribution >= 0.6 is 35.0 Å². The van der Waals surface area contributed by atoms with Crippen LogP contribution in [0.3, 0.4) is 0 Å². The number of hydrogen-bond acceptors (Lipinski definition) is 7. The lowest BCUT2D eigenvalue weighted by Gasteiger charge is -2.06. The van der Waals surface area contributed by atoms with Crippen LogP contribution in [-0.4, -0.2) is 36.5 Å². The number of amides is 1. The molecular weight excluding hydrogens is 385 g/mol. The van der Waals surface area contributed by atoms with Crippen LogP contribution in [0.1, 0.15) is 0 Å². The minimum absolute atomic E-state index is 0.0618. The van der Waals surface area contributed by atoms with Crippen LogP contribution in [-0.2, 0) is 4.79 Å². The molecule has 0 atom stereocenters. The van der Waals surface area contributed by atoms with Crippen molar-refractivity contribution in [2.45, 2.75) is 5.16 Å². The van der Waals surface area contributed by atoms with Gasteiger partial charge in [-0.05, 0) is 18.2 Å². The number of hydrogen-bond donors (Lipinski definition) is 2. The molecule has 25 heavy (non-hydrogen) atoms. The molecule has 128 valence electrons. The van der Waals surface area contributed by atoms with Crippen LogP contribution in [0, 0.1) is 0 Å². The van der Waals surface area contributed by atoms with E-state index < -0.39 is 0 Å². The minimum Gasteiger partial charge on any atom is -0.335 e. The van der Waals surface area contributed by atoms with Crippen LogP contribution < -0.4 is 11.2 Å². The molecule has 0 saturated carbocycles. The Labute approximate surface area is 156 Å². The first-order chi connectivity index (χ1) is 12.0. The third-order valence-corrected chi connectivity index (χ3v) is 4.44. The lowest BCUT2D eigenvalue weighted by Crippen LogP contribution is -2.17. The number of anilines is 1. The molecule has 0 aliphatic heterocycles. The van der Waals surface area contributed by atoms with E-state index in [1.54, 1.807) is 24.5 Å². The number of nitrogen functional groups attached to an aromatic ring is 1. The molecule has 3 rings (SSSR count). The molecule has 0 saturated heterocycles. The van der Waals surface area contributed by atoms with Gasteiger partial charge in [-0.25, -0.2) is 9.66 Å². The number of rotatable bonds is 5. The summed E-state index contributed by atoms with van der Waals surface area (Å²) in [6, 6.07) is 5.03. The number of nitrogens with one attached hydrogen (secondary N) is 1. The van der Waals surface area contributed by atoms with Gasteiger partial charge in [0.1, 0.15) is 0 Å². The monoisotopic (exact) mass is 395 g/mol. The first-order valence-electron chi connectivity index (χ1n) is 6.89. The SMILES string of the molecule is Nn1c(SCC(=O)Nc2ncc(Cl)cc2Cl)nnc1-c1ccncc1. The highest BCUT2D eigenvalue weighted by molar-refractivity contribution is 7.99. The topological polar surface area (TPSA) is 112 Å². The van der Waals surface area contributed by atoms with E-state index in [1.807, 2.05) is 0 Å². The summed E-state index contributed by atoms with van der Waals surface area (Å²) >= 11 is 12.9. The number of halogens is 2. The summed E-state index contributed by atoms with van der Waals surface area (Å²) in [6.45, 7) is 0. The van der Waals surface area contributed by atoms with E-state index in [2.05, 4.69) is 25.5 Å². The molecule has 11 heteroatoms.